The minimum Gasteiger partial charge on any atom is -0.314 e. The van der Waals surface area contributed by atoms with E-state index in [0.717, 1.165) is 31.2 Å². The van der Waals surface area contributed by atoms with E-state index in [1.54, 1.807) is 0 Å². The lowest BCUT2D eigenvalue weighted by Gasteiger charge is -2.35. The summed E-state index contributed by atoms with van der Waals surface area (Å²) in [5, 5.41) is 4.27. The first-order valence-corrected chi connectivity index (χ1v) is 7.39. The number of nitrogens with zero attached hydrogens (tertiary/aromatic N) is 1. The Morgan fingerprint density at radius 3 is 2.55 bits per heavy atom. The molecule has 0 aliphatic carbocycles. The molecule has 1 fully saturated rings. The number of hydrogen-bond donors (Lipinski definition) is 1. The molecule has 20 heavy (non-hydrogen) atoms. The van der Waals surface area contributed by atoms with Crippen LogP contribution in [0.25, 0.3) is 0 Å². The first-order valence-electron chi connectivity index (χ1n) is 7.01. The van der Waals surface area contributed by atoms with Gasteiger partial charge in [-0.3, -0.25) is 4.90 Å². The smallest absolute Gasteiger partial charge is 0.0409 e. The Kier molecular flexibility index (Phi) is 10.7. The zero-order chi connectivity index (χ0) is 12.8. The number of nitrogens with one attached hydrogen (secondary N) is 1. The van der Waals surface area contributed by atoms with E-state index < -0.39 is 0 Å². The van der Waals surface area contributed by atoms with Gasteiger partial charge in [0, 0.05) is 37.2 Å². The number of piperazine rings is 1. The number of benzene rings is 1. The molecule has 0 saturated carbocycles. The molecule has 0 unspecified atom stereocenters. The van der Waals surface area contributed by atoms with Crippen molar-refractivity contribution in [2.45, 2.75) is 32.2 Å². The summed E-state index contributed by atoms with van der Waals surface area (Å²) in [5.74, 6) is 0. The molecule has 1 N–H and O–H groups in total. The average molecular weight is 340 g/mol. The molecule has 2 rings (SSSR count). The van der Waals surface area contributed by atoms with Crippen LogP contribution in [0.5, 0.6) is 0 Å². The van der Waals surface area contributed by atoms with Crippen molar-refractivity contribution < 1.29 is 0 Å². The van der Waals surface area contributed by atoms with Crippen molar-refractivity contribution >= 4 is 36.4 Å². The van der Waals surface area contributed by atoms with Gasteiger partial charge in [0.25, 0.3) is 0 Å². The largest absolute Gasteiger partial charge is 0.314 e. The molecule has 1 atom stereocenters. The highest BCUT2D eigenvalue weighted by molar-refractivity contribution is 6.30. The molecular weight excluding hydrogens is 315 g/mol. The highest BCUT2D eigenvalue weighted by Crippen LogP contribution is 2.28. The van der Waals surface area contributed by atoms with Crippen LogP contribution < -0.4 is 5.32 Å². The van der Waals surface area contributed by atoms with Gasteiger partial charge in [0.2, 0.25) is 0 Å². The number of hydrogen-bond acceptors (Lipinski definition) is 2. The van der Waals surface area contributed by atoms with Crippen LogP contribution in [-0.2, 0) is 0 Å². The van der Waals surface area contributed by atoms with Gasteiger partial charge in [-0.25, -0.2) is 0 Å². The lowest BCUT2D eigenvalue weighted by Crippen LogP contribution is -2.45. The van der Waals surface area contributed by atoms with Gasteiger partial charge < -0.3 is 5.32 Å². The minimum atomic E-state index is 0. The summed E-state index contributed by atoms with van der Waals surface area (Å²) in [5.41, 5.74) is 1.37. The maximum absolute atomic E-state index is 6.13. The molecular formula is C15H25Cl3N2. The molecule has 0 radical (unpaired) electrons. The summed E-state index contributed by atoms with van der Waals surface area (Å²) in [4.78, 5) is 2.60. The van der Waals surface area contributed by atoms with Crippen molar-refractivity contribution in [3.05, 3.63) is 34.9 Å². The first-order chi connectivity index (χ1) is 8.81. The van der Waals surface area contributed by atoms with E-state index in [9.17, 15) is 0 Å². The van der Waals surface area contributed by atoms with E-state index in [1.807, 2.05) is 6.07 Å². The second kappa shape index (κ2) is 10.7. The van der Waals surface area contributed by atoms with Crippen molar-refractivity contribution in [3.8, 4) is 0 Å². The summed E-state index contributed by atoms with van der Waals surface area (Å²) in [6.07, 6.45) is 3.76. The number of rotatable bonds is 5. The van der Waals surface area contributed by atoms with Crippen LogP contribution >= 0.6 is 36.4 Å². The van der Waals surface area contributed by atoms with E-state index in [0.29, 0.717) is 6.04 Å². The van der Waals surface area contributed by atoms with Crippen LogP contribution in [0.15, 0.2) is 24.3 Å². The Bertz CT molecular complexity index is 368. The van der Waals surface area contributed by atoms with E-state index in [-0.39, 0.29) is 24.8 Å². The van der Waals surface area contributed by atoms with Crippen LogP contribution in [0.4, 0.5) is 0 Å². The topological polar surface area (TPSA) is 15.3 Å². The third kappa shape index (κ3) is 5.79. The third-order valence-electron chi connectivity index (χ3n) is 3.66. The molecule has 1 aliphatic heterocycles. The molecule has 0 amide bonds. The fraction of sp³-hybridized carbons (Fsp3) is 0.600. The van der Waals surface area contributed by atoms with Gasteiger partial charge in [-0.15, -0.1) is 24.8 Å². The van der Waals surface area contributed by atoms with E-state index >= 15 is 0 Å². The predicted molar refractivity (Wildman–Crippen MR) is 92.7 cm³/mol. The quantitative estimate of drug-likeness (QED) is 0.859. The Labute approximate surface area is 140 Å². The Balaban J connectivity index is 0.00000180. The second-order valence-electron chi connectivity index (χ2n) is 5.00. The van der Waals surface area contributed by atoms with E-state index in [2.05, 4.69) is 35.3 Å². The highest BCUT2D eigenvalue weighted by atomic mass is 35.5. The monoisotopic (exact) mass is 338 g/mol. The molecule has 1 aromatic carbocycles. The van der Waals surface area contributed by atoms with E-state index in [4.69, 9.17) is 11.6 Å². The van der Waals surface area contributed by atoms with Crippen molar-refractivity contribution in [2.24, 2.45) is 0 Å². The maximum atomic E-state index is 6.13. The molecule has 0 aromatic heterocycles. The summed E-state index contributed by atoms with van der Waals surface area (Å²) >= 11 is 6.13. The molecule has 5 heteroatoms. The molecule has 116 valence electrons. The van der Waals surface area contributed by atoms with Crippen LogP contribution in [0.3, 0.4) is 0 Å². The second-order valence-corrected chi connectivity index (χ2v) is 5.44. The van der Waals surface area contributed by atoms with Crippen LogP contribution in [-0.4, -0.2) is 31.1 Å². The number of unbranched alkanes of at least 4 members (excludes halogenated alkanes) is 1. The number of halogens is 3. The maximum Gasteiger partial charge on any atom is 0.0409 e. The van der Waals surface area contributed by atoms with Gasteiger partial charge in [-0.1, -0.05) is 43.5 Å². The zero-order valence-electron chi connectivity index (χ0n) is 12.0. The van der Waals surface area contributed by atoms with Gasteiger partial charge in [-0.2, -0.15) is 0 Å². The van der Waals surface area contributed by atoms with Crippen LogP contribution in [0.1, 0.15) is 37.8 Å². The molecule has 0 spiro atoms. The summed E-state index contributed by atoms with van der Waals surface area (Å²) in [6, 6.07) is 8.90. The molecule has 1 heterocycles. The average Bonchev–Trinajstić information content (AvgIpc) is 2.40. The Morgan fingerprint density at radius 2 is 1.95 bits per heavy atom. The summed E-state index contributed by atoms with van der Waals surface area (Å²) in [6.45, 7) is 6.74. The van der Waals surface area contributed by atoms with Gasteiger partial charge in [0.05, 0.1) is 0 Å². The van der Waals surface area contributed by atoms with Crippen molar-refractivity contribution in [1.29, 1.82) is 0 Å². The summed E-state index contributed by atoms with van der Waals surface area (Å²) < 4.78 is 0. The molecule has 1 aromatic rings. The van der Waals surface area contributed by atoms with Crippen molar-refractivity contribution in [3.63, 3.8) is 0 Å². The van der Waals surface area contributed by atoms with Gasteiger partial charge in [0.15, 0.2) is 0 Å². The molecule has 0 bridgehead atoms. The van der Waals surface area contributed by atoms with Crippen molar-refractivity contribution in [2.75, 3.05) is 26.2 Å². The van der Waals surface area contributed by atoms with Crippen LogP contribution in [0, 0.1) is 0 Å². The fourth-order valence-corrected chi connectivity index (χ4v) is 2.86. The molecule has 1 saturated heterocycles. The lowest BCUT2D eigenvalue weighted by molar-refractivity contribution is 0.163. The van der Waals surface area contributed by atoms with Gasteiger partial charge in [0.1, 0.15) is 0 Å². The Morgan fingerprint density at radius 1 is 1.25 bits per heavy atom. The minimum absolute atomic E-state index is 0. The normalized spacial score (nSPS) is 16.9. The standard InChI is InChI=1S/C15H23ClN2.2ClH/c1-2-3-7-15(18-10-8-17-9-11-18)13-5-4-6-14(16)12-13;;/h4-6,12,15,17H,2-3,7-11H2,1H3;2*1H/t15-;;/m0../s1. The van der Waals surface area contributed by atoms with Crippen LogP contribution in [0.2, 0.25) is 5.02 Å². The SMILES string of the molecule is CCCC[C@@H](c1cccc(Cl)c1)N1CCNCC1.Cl.Cl. The summed E-state index contributed by atoms with van der Waals surface area (Å²) in [7, 11) is 0. The highest BCUT2D eigenvalue weighted by Gasteiger charge is 2.21. The predicted octanol–water partition coefficient (Wildman–Crippen LogP) is 4.32. The molecule has 2 nitrogen and oxygen atoms in total. The third-order valence-corrected chi connectivity index (χ3v) is 3.89. The van der Waals surface area contributed by atoms with Gasteiger partial charge in [-0.05, 0) is 24.1 Å². The first kappa shape index (κ1) is 20.0. The molecule has 1 aliphatic rings. The van der Waals surface area contributed by atoms with Crippen molar-refractivity contribution in [1.82, 2.24) is 10.2 Å². The lowest BCUT2D eigenvalue weighted by atomic mass is 9.99. The zero-order valence-corrected chi connectivity index (χ0v) is 14.4. The fourth-order valence-electron chi connectivity index (χ4n) is 2.67. The van der Waals surface area contributed by atoms with E-state index in [1.165, 1.54) is 24.8 Å². The Hall–Kier alpha value is 0.01000. The van der Waals surface area contributed by atoms with Gasteiger partial charge >= 0.3 is 0 Å².